The van der Waals surface area contributed by atoms with Gasteiger partial charge in [-0.15, -0.1) is 0 Å². The van der Waals surface area contributed by atoms with E-state index in [0.29, 0.717) is 11.3 Å². The van der Waals surface area contributed by atoms with E-state index in [-0.39, 0.29) is 42.4 Å². The first-order valence-corrected chi connectivity index (χ1v) is 9.12. The molecule has 1 saturated heterocycles. The number of hydrogen-bond donors (Lipinski definition) is 2. The molecule has 2 aromatic carbocycles. The highest BCUT2D eigenvalue weighted by molar-refractivity contribution is 6.07. The van der Waals surface area contributed by atoms with Gasteiger partial charge in [-0.3, -0.25) is 14.4 Å². The smallest absolute Gasteiger partial charge is 0.253 e. The molecule has 28 heavy (non-hydrogen) atoms. The molecule has 0 radical (unpaired) electrons. The molecule has 0 bridgehead atoms. The molecular weight excluding hydrogens is 361 g/mol. The minimum absolute atomic E-state index is 0.0134. The van der Waals surface area contributed by atoms with Crippen LogP contribution in [0, 0.1) is 11.7 Å². The summed E-state index contributed by atoms with van der Waals surface area (Å²) in [5.41, 5.74) is 0.891. The lowest BCUT2D eigenvalue weighted by molar-refractivity contribution is -0.122. The van der Waals surface area contributed by atoms with E-state index in [4.69, 9.17) is 0 Å². The Balaban J connectivity index is 1.74. The van der Waals surface area contributed by atoms with Gasteiger partial charge in [-0.2, -0.15) is 0 Å². The molecule has 1 fully saturated rings. The second-order valence-corrected chi connectivity index (χ2v) is 7.02. The standard InChI is InChI=1S/C21H22FN3O3/c1-13(2)23-21(28)15-7-3-5-9-17(15)24-20(27)14-11-19(26)25(12-14)18-10-6-4-8-16(18)22/h3-10,13-14H,11-12H2,1-2H3,(H,23,28)(H,24,27). The summed E-state index contributed by atoms with van der Waals surface area (Å²) in [5, 5.41) is 5.53. The molecule has 3 rings (SSSR count). The monoisotopic (exact) mass is 383 g/mol. The van der Waals surface area contributed by atoms with Crippen molar-refractivity contribution in [3.05, 3.63) is 59.9 Å². The lowest BCUT2D eigenvalue weighted by atomic mass is 10.1. The summed E-state index contributed by atoms with van der Waals surface area (Å²) in [5.74, 6) is -2.12. The van der Waals surface area contributed by atoms with Crippen molar-refractivity contribution in [2.24, 2.45) is 5.92 Å². The van der Waals surface area contributed by atoms with Crippen LogP contribution >= 0.6 is 0 Å². The van der Waals surface area contributed by atoms with Crippen LogP contribution in [0.15, 0.2) is 48.5 Å². The minimum Gasteiger partial charge on any atom is -0.350 e. The van der Waals surface area contributed by atoms with Crippen LogP contribution in [0.5, 0.6) is 0 Å². The van der Waals surface area contributed by atoms with E-state index in [0.717, 1.165) is 0 Å². The molecule has 2 N–H and O–H groups in total. The number of benzene rings is 2. The van der Waals surface area contributed by atoms with Gasteiger partial charge in [0.15, 0.2) is 0 Å². The van der Waals surface area contributed by atoms with Crippen LogP contribution in [0.2, 0.25) is 0 Å². The van der Waals surface area contributed by atoms with Crippen LogP contribution < -0.4 is 15.5 Å². The number of rotatable bonds is 5. The molecule has 3 amide bonds. The number of nitrogens with zero attached hydrogens (tertiary/aromatic N) is 1. The summed E-state index contributed by atoms with van der Waals surface area (Å²) in [6, 6.07) is 12.6. The number of para-hydroxylation sites is 2. The predicted octanol–water partition coefficient (Wildman–Crippen LogP) is 2.96. The Bertz CT molecular complexity index is 913. The molecule has 0 aromatic heterocycles. The molecule has 0 spiro atoms. The molecule has 1 atom stereocenters. The number of halogens is 1. The number of nitrogens with one attached hydrogen (secondary N) is 2. The van der Waals surface area contributed by atoms with Gasteiger partial charge in [0.05, 0.1) is 22.9 Å². The molecule has 1 unspecified atom stereocenters. The van der Waals surface area contributed by atoms with Gasteiger partial charge in [-0.1, -0.05) is 24.3 Å². The van der Waals surface area contributed by atoms with Crippen molar-refractivity contribution in [3.63, 3.8) is 0 Å². The Labute approximate surface area is 162 Å². The highest BCUT2D eigenvalue weighted by Crippen LogP contribution is 2.28. The molecule has 1 aliphatic heterocycles. The van der Waals surface area contributed by atoms with Gasteiger partial charge in [0.25, 0.3) is 5.91 Å². The third-order valence-electron chi connectivity index (χ3n) is 4.49. The van der Waals surface area contributed by atoms with Crippen LogP contribution in [0.4, 0.5) is 15.8 Å². The van der Waals surface area contributed by atoms with Crippen molar-refractivity contribution < 1.29 is 18.8 Å². The topological polar surface area (TPSA) is 78.5 Å². The van der Waals surface area contributed by atoms with Crippen LogP contribution in [0.3, 0.4) is 0 Å². The summed E-state index contributed by atoms with van der Waals surface area (Å²) in [4.78, 5) is 38.6. The quantitative estimate of drug-likeness (QED) is 0.833. The minimum atomic E-state index is -0.631. The fraction of sp³-hybridized carbons (Fsp3) is 0.286. The maximum Gasteiger partial charge on any atom is 0.253 e. The first-order chi connectivity index (χ1) is 13.4. The largest absolute Gasteiger partial charge is 0.350 e. The normalized spacial score (nSPS) is 16.4. The maximum atomic E-state index is 14.0. The Kier molecular flexibility index (Phi) is 5.73. The fourth-order valence-electron chi connectivity index (χ4n) is 3.15. The summed E-state index contributed by atoms with van der Waals surface area (Å²) < 4.78 is 14.0. The highest BCUT2D eigenvalue weighted by Gasteiger charge is 2.36. The molecule has 0 saturated carbocycles. The van der Waals surface area contributed by atoms with E-state index in [1.54, 1.807) is 36.4 Å². The zero-order valence-corrected chi connectivity index (χ0v) is 15.7. The second-order valence-electron chi connectivity index (χ2n) is 7.02. The summed E-state index contributed by atoms with van der Waals surface area (Å²) in [7, 11) is 0. The lowest BCUT2D eigenvalue weighted by Gasteiger charge is -2.18. The average Bonchev–Trinajstić information content (AvgIpc) is 3.03. The molecule has 6 nitrogen and oxygen atoms in total. The molecule has 0 aliphatic carbocycles. The van der Waals surface area contributed by atoms with Crippen molar-refractivity contribution in [1.82, 2.24) is 5.32 Å². The summed E-state index contributed by atoms with van der Waals surface area (Å²) in [6.07, 6.45) is -0.0134. The third kappa shape index (κ3) is 4.19. The SMILES string of the molecule is CC(C)NC(=O)c1ccccc1NC(=O)C1CC(=O)N(c2ccccc2F)C1. The second kappa shape index (κ2) is 8.21. The Morgan fingerprint density at radius 3 is 2.50 bits per heavy atom. The highest BCUT2D eigenvalue weighted by atomic mass is 19.1. The van der Waals surface area contributed by atoms with Crippen molar-refractivity contribution >= 4 is 29.1 Å². The zero-order valence-electron chi connectivity index (χ0n) is 15.7. The van der Waals surface area contributed by atoms with Gasteiger partial charge >= 0.3 is 0 Å². The van der Waals surface area contributed by atoms with Crippen LogP contribution in [0.25, 0.3) is 0 Å². The first-order valence-electron chi connectivity index (χ1n) is 9.12. The van der Waals surface area contributed by atoms with Gasteiger partial charge in [0, 0.05) is 19.0 Å². The zero-order chi connectivity index (χ0) is 20.3. The molecule has 2 aromatic rings. The van der Waals surface area contributed by atoms with E-state index in [2.05, 4.69) is 10.6 Å². The summed E-state index contributed by atoms with van der Waals surface area (Å²) in [6.45, 7) is 3.78. The van der Waals surface area contributed by atoms with E-state index in [9.17, 15) is 18.8 Å². The van der Waals surface area contributed by atoms with Crippen molar-refractivity contribution in [1.29, 1.82) is 0 Å². The number of carbonyl (C=O) groups excluding carboxylic acids is 3. The Morgan fingerprint density at radius 1 is 1.11 bits per heavy atom. The lowest BCUT2D eigenvalue weighted by Crippen LogP contribution is -2.32. The molecule has 7 heteroatoms. The Hall–Kier alpha value is -3.22. The number of amides is 3. The number of carbonyl (C=O) groups is 3. The van der Waals surface area contributed by atoms with Crippen molar-refractivity contribution in [2.75, 3.05) is 16.8 Å². The van der Waals surface area contributed by atoms with Gasteiger partial charge in [-0.25, -0.2) is 4.39 Å². The van der Waals surface area contributed by atoms with Crippen LogP contribution in [0.1, 0.15) is 30.6 Å². The van der Waals surface area contributed by atoms with Gasteiger partial charge in [-0.05, 0) is 38.1 Å². The van der Waals surface area contributed by atoms with Crippen molar-refractivity contribution in [2.45, 2.75) is 26.3 Å². The Morgan fingerprint density at radius 2 is 1.79 bits per heavy atom. The van der Waals surface area contributed by atoms with E-state index in [1.165, 1.54) is 17.0 Å². The van der Waals surface area contributed by atoms with Gasteiger partial charge in [0.1, 0.15) is 5.82 Å². The van der Waals surface area contributed by atoms with Gasteiger partial charge in [0.2, 0.25) is 11.8 Å². The van der Waals surface area contributed by atoms with E-state index in [1.807, 2.05) is 13.8 Å². The fourth-order valence-corrected chi connectivity index (χ4v) is 3.15. The number of anilines is 2. The van der Waals surface area contributed by atoms with E-state index < -0.39 is 11.7 Å². The molecular formula is C21H22FN3O3. The average molecular weight is 383 g/mol. The molecule has 1 aliphatic rings. The third-order valence-corrected chi connectivity index (χ3v) is 4.49. The van der Waals surface area contributed by atoms with E-state index >= 15 is 0 Å². The predicted molar refractivity (Wildman–Crippen MR) is 105 cm³/mol. The van der Waals surface area contributed by atoms with Crippen LogP contribution in [-0.2, 0) is 9.59 Å². The maximum absolute atomic E-state index is 14.0. The summed E-state index contributed by atoms with van der Waals surface area (Å²) >= 11 is 0. The van der Waals surface area contributed by atoms with Crippen LogP contribution in [-0.4, -0.2) is 30.3 Å². The number of hydrogen-bond acceptors (Lipinski definition) is 3. The van der Waals surface area contributed by atoms with Gasteiger partial charge < -0.3 is 15.5 Å². The van der Waals surface area contributed by atoms with Crippen molar-refractivity contribution in [3.8, 4) is 0 Å². The molecule has 1 heterocycles. The molecule has 146 valence electrons. The first kappa shape index (κ1) is 19.5.